The number of fused-ring (bicyclic) bond motifs is 1. The van der Waals surface area contributed by atoms with Crippen molar-refractivity contribution in [3.05, 3.63) is 72.6 Å². The van der Waals surface area contributed by atoms with Crippen LogP contribution in [0.3, 0.4) is 0 Å². The molecular formula is C26H27N7O. The number of hydrogen-bond donors (Lipinski definition) is 1. The van der Waals surface area contributed by atoms with E-state index in [9.17, 15) is 0 Å². The number of rotatable bonds is 5. The van der Waals surface area contributed by atoms with Gasteiger partial charge in [-0.05, 0) is 18.6 Å². The van der Waals surface area contributed by atoms with Gasteiger partial charge in [0.05, 0.1) is 31.1 Å². The number of likely N-dealkylation sites (N-methyl/N-ethyl adjacent to an activating group) is 1. The molecule has 172 valence electrons. The number of H-pyrrole nitrogens is 1. The molecule has 34 heavy (non-hydrogen) atoms. The van der Waals surface area contributed by atoms with Crippen molar-refractivity contribution in [3.8, 4) is 11.1 Å². The van der Waals surface area contributed by atoms with E-state index in [1.54, 1.807) is 0 Å². The number of hydrogen-bond acceptors (Lipinski definition) is 7. The third kappa shape index (κ3) is 3.80. The van der Waals surface area contributed by atoms with Gasteiger partial charge in [-0.1, -0.05) is 30.3 Å². The SMILES string of the molecule is CCN1CC(c2ccccc2)N=C1c1ncc(-c2c[nH]c3ncc(N4CCOCC4)cc23)cn1. The molecule has 1 aromatic carbocycles. The maximum absolute atomic E-state index is 5.49. The van der Waals surface area contributed by atoms with Gasteiger partial charge in [-0.15, -0.1) is 0 Å². The zero-order valence-electron chi connectivity index (χ0n) is 19.2. The Morgan fingerprint density at radius 3 is 2.59 bits per heavy atom. The van der Waals surface area contributed by atoms with Gasteiger partial charge in [0.15, 0.2) is 11.7 Å². The largest absolute Gasteiger partial charge is 0.378 e. The minimum Gasteiger partial charge on any atom is -0.378 e. The Bertz CT molecular complexity index is 1310. The second kappa shape index (κ2) is 8.87. The van der Waals surface area contributed by atoms with Crippen molar-refractivity contribution in [2.45, 2.75) is 13.0 Å². The van der Waals surface area contributed by atoms with Crippen molar-refractivity contribution in [2.24, 2.45) is 4.99 Å². The fraction of sp³-hybridized carbons (Fsp3) is 0.308. The van der Waals surface area contributed by atoms with Gasteiger partial charge >= 0.3 is 0 Å². The Labute approximate surface area is 198 Å². The van der Waals surface area contributed by atoms with E-state index in [0.717, 1.165) is 73.1 Å². The number of aromatic nitrogens is 4. The van der Waals surface area contributed by atoms with Crippen LogP contribution in [0, 0.1) is 0 Å². The van der Waals surface area contributed by atoms with Gasteiger partial charge in [0, 0.05) is 61.3 Å². The Kier molecular flexibility index (Phi) is 5.43. The van der Waals surface area contributed by atoms with Crippen LogP contribution in [-0.4, -0.2) is 70.1 Å². The minimum atomic E-state index is 0.109. The lowest BCUT2D eigenvalue weighted by molar-refractivity contribution is 0.122. The smallest absolute Gasteiger partial charge is 0.195 e. The summed E-state index contributed by atoms with van der Waals surface area (Å²) in [5.74, 6) is 1.52. The molecule has 1 saturated heterocycles. The van der Waals surface area contributed by atoms with Gasteiger partial charge in [-0.3, -0.25) is 4.99 Å². The number of nitrogens with one attached hydrogen (secondary N) is 1. The summed E-state index contributed by atoms with van der Waals surface area (Å²) in [6, 6.07) is 12.7. The molecule has 1 unspecified atom stereocenters. The Morgan fingerprint density at radius 2 is 1.82 bits per heavy atom. The average Bonchev–Trinajstić information content (AvgIpc) is 3.54. The molecule has 4 aromatic rings. The van der Waals surface area contributed by atoms with E-state index in [-0.39, 0.29) is 6.04 Å². The van der Waals surface area contributed by atoms with Gasteiger partial charge in [-0.2, -0.15) is 0 Å². The molecule has 0 bridgehead atoms. The zero-order chi connectivity index (χ0) is 22.9. The summed E-state index contributed by atoms with van der Waals surface area (Å²) in [4.78, 5) is 26.9. The number of amidine groups is 1. The summed E-state index contributed by atoms with van der Waals surface area (Å²) >= 11 is 0. The zero-order valence-corrected chi connectivity index (χ0v) is 19.2. The molecule has 1 fully saturated rings. The molecule has 8 nitrogen and oxygen atoms in total. The standard InChI is InChI=1S/C26H27N7O/c1-2-32-17-23(18-6-4-3-5-7-18)31-26(32)25-27-13-19(14-28-25)22-16-30-24-21(22)12-20(15-29-24)33-8-10-34-11-9-33/h3-7,12-16,23H,2,8-11,17H2,1H3,(H,29,30). The number of nitrogens with zero attached hydrogens (tertiary/aromatic N) is 6. The number of aliphatic imine (C=N–C) groups is 1. The lowest BCUT2D eigenvalue weighted by Gasteiger charge is -2.28. The lowest BCUT2D eigenvalue weighted by Crippen LogP contribution is -2.36. The Hall–Kier alpha value is -3.78. The summed E-state index contributed by atoms with van der Waals surface area (Å²) in [6.45, 7) is 7.11. The third-order valence-corrected chi connectivity index (χ3v) is 6.59. The first kappa shape index (κ1) is 20.8. The van der Waals surface area contributed by atoms with Crippen LogP contribution in [0.2, 0.25) is 0 Å². The highest BCUT2D eigenvalue weighted by molar-refractivity contribution is 5.98. The topological polar surface area (TPSA) is 82.5 Å². The molecule has 0 radical (unpaired) electrons. The van der Waals surface area contributed by atoms with E-state index in [1.165, 1.54) is 5.56 Å². The highest BCUT2D eigenvalue weighted by Crippen LogP contribution is 2.31. The van der Waals surface area contributed by atoms with Crippen molar-refractivity contribution < 1.29 is 4.74 Å². The lowest BCUT2D eigenvalue weighted by atomic mass is 10.1. The van der Waals surface area contributed by atoms with Crippen LogP contribution in [0.5, 0.6) is 0 Å². The Morgan fingerprint density at radius 1 is 1.03 bits per heavy atom. The van der Waals surface area contributed by atoms with Crippen molar-refractivity contribution in [2.75, 3.05) is 44.3 Å². The van der Waals surface area contributed by atoms with E-state index >= 15 is 0 Å². The third-order valence-electron chi connectivity index (χ3n) is 6.59. The van der Waals surface area contributed by atoms with Crippen LogP contribution in [0.4, 0.5) is 5.69 Å². The molecule has 0 aliphatic carbocycles. The normalized spacial score (nSPS) is 18.5. The molecule has 0 saturated carbocycles. The van der Waals surface area contributed by atoms with Crippen LogP contribution in [-0.2, 0) is 4.74 Å². The molecule has 8 heteroatoms. The number of anilines is 1. The van der Waals surface area contributed by atoms with Gasteiger partial charge < -0.3 is 19.5 Å². The monoisotopic (exact) mass is 453 g/mol. The van der Waals surface area contributed by atoms with E-state index in [0.29, 0.717) is 5.82 Å². The average molecular weight is 454 g/mol. The predicted octanol–water partition coefficient (Wildman–Crippen LogP) is 3.68. The highest BCUT2D eigenvalue weighted by atomic mass is 16.5. The van der Waals surface area contributed by atoms with Crippen LogP contribution in [0.1, 0.15) is 24.4 Å². The number of pyridine rings is 1. The number of morpholine rings is 1. The second-order valence-corrected chi connectivity index (χ2v) is 8.60. The fourth-order valence-electron chi connectivity index (χ4n) is 4.71. The summed E-state index contributed by atoms with van der Waals surface area (Å²) < 4.78 is 5.49. The molecule has 3 aromatic heterocycles. The quantitative estimate of drug-likeness (QED) is 0.496. The van der Waals surface area contributed by atoms with Crippen molar-refractivity contribution in [3.63, 3.8) is 0 Å². The van der Waals surface area contributed by atoms with Crippen molar-refractivity contribution >= 4 is 22.6 Å². The maximum atomic E-state index is 5.49. The molecule has 5 heterocycles. The second-order valence-electron chi connectivity index (χ2n) is 8.60. The van der Waals surface area contributed by atoms with E-state index in [4.69, 9.17) is 19.7 Å². The van der Waals surface area contributed by atoms with Crippen LogP contribution >= 0.6 is 0 Å². The first-order chi connectivity index (χ1) is 16.8. The van der Waals surface area contributed by atoms with Crippen molar-refractivity contribution in [1.29, 1.82) is 0 Å². The molecule has 1 N–H and O–H groups in total. The molecule has 0 amide bonds. The number of aromatic amines is 1. The van der Waals surface area contributed by atoms with Gasteiger partial charge in [0.25, 0.3) is 0 Å². The first-order valence-electron chi connectivity index (χ1n) is 11.8. The van der Waals surface area contributed by atoms with E-state index in [1.807, 2.05) is 30.9 Å². The maximum Gasteiger partial charge on any atom is 0.195 e. The number of ether oxygens (including phenoxy) is 1. The van der Waals surface area contributed by atoms with Gasteiger partial charge in [0.1, 0.15) is 5.65 Å². The molecule has 2 aliphatic heterocycles. The summed E-state index contributed by atoms with van der Waals surface area (Å²) in [7, 11) is 0. The van der Waals surface area contributed by atoms with Crippen LogP contribution in [0.25, 0.3) is 22.2 Å². The molecular weight excluding hydrogens is 426 g/mol. The summed E-state index contributed by atoms with van der Waals surface area (Å²) in [5, 5.41) is 1.07. The number of benzene rings is 1. The molecule has 2 aliphatic rings. The highest BCUT2D eigenvalue weighted by Gasteiger charge is 2.27. The van der Waals surface area contributed by atoms with E-state index < -0.39 is 0 Å². The molecule has 1 atom stereocenters. The minimum absolute atomic E-state index is 0.109. The predicted molar refractivity (Wildman–Crippen MR) is 133 cm³/mol. The van der Waals surface area contributed by atoms with Crippen LogP contribution < -0.4 is 4.90 Å². The van der Waals surface area contributed by atoms with Crippen molar-refractivity contribution in [1.82, 2.24) is 24.8 Å². The summed E-state index contributed by atoms with van der Waals surface area (Å²) in [6.07, 6.45) is 7.68. The van der Waals surface area contributed by atoms with E-state index in [2.05, 4.69) is 57.0 Å². The molecule has 6 rings (SSSR count). The molecule has 0 spiro atoms. The van der Waals surface area contributed by atoms with Gasteiger partial charge in [-0.25, -0.2) is 15.0 Å². The summed E-state index contributed by atoms with van der Waals surface area (Å²) in [5.41, 5.74) is 5.19. The fourth-order valence-corrected chi connectivity index (χ4v) is 4.71. The van der Waals surface area contributed by atoms with Crippen LogP contribution in [0.15, 0.2) is 66.2 Å². The first-order valence-corrected chi connectivity index (χ1v) is 11.8. The Balaban J connectivity index is 1.30. The van der Waals surface area contributed by atoms with Gasteiger partial charge in [0.2, 0.25) is 0 Å².